The maximum Gasteiger partial charge on any atom is 0.264 e. The first-order chi connectivity index (χ1) is 19.5. The van der Waals surface area contributed by atoms with Crippen molar-refractivity contribution in [2.75, 3.05) is 24.5 Å². The largest absolute Gasteiger partial charge is 0.497 e. The number of hydrogen-bond donors (Lipinski definition) is 1. The highest BCUT2D eigenvalue weighted by atomic mass is 32.2. The molecule has 41 heavy (non-hydrogen) atoms. The van der Waals surface area contributed by atoms with Gasteiger partial charge < -0.3 is 15.0 Å². The van der Waals surface area contributed by atoms with Crippen molar-refractivity contribution in [3.8, 4) is 5.75 Å². The van der Waals surface area contributed by atoms with Gasteiger partial charge in [0.2, 0.25) is 11.8 Å². The lowest BCUT2D eigenvalue weighted by Crippen LogP contribution is -2.52. The number of aryl methyl sites for hydroxylation is 1. The molecule has 0 fully saturated rings. The first kappa shape index (κ1) is 31.6. The van der Waals surface area contributed by atoms with Gasteiger partial charge >= 0.3 is 0 Å². The number of carbonyl (C=O) groups is 2. The van der Waals surface area contributed by atoms with E-state index in [1.807, 2.05) is 52.0 Å². The van der Waals surface area contributed by atoms with Crippen LogP contribution in [0.2, 0.25) is 0 Å². The Labute approximate surface area is 242 Å². The van der Waals surface area contributed by atoms with E-state index in [1.165, 1.54) is 48.4 Å². The summed E-state index contributed by atoms with van der Waals surface area (Å²) in [4.78, 5) is 28.7. The van der Waals surface area contributed by atoms with E-state index in [0.717, 1.165) is 27.6 Å². The van der Waals surface area contributed by atoms with Crippen molar-refractivity contribution in [2.24, 2.45) is 5.92 Å². The quantitative estimate of drug-likeness (QED) is 0.308. The van der Waals surface area contributed by atoms with E-state index in [0.29, 0.717) is 18.7 Å². The number of methoxy groups -OCH3 is 1. The highest BCUT2D eigenvalue weighted by Crippen LogP contribution is 2.26. The second kappa shape index (κ2) is 14.1. The van der Waals surface area contributed by atoms with Gasteiger partial charge in [-0.2, -0.15) is 0 Å². The maximum absolute atomic E-state index is 14.1. The Morgan fingerprint density at radius 3 is 2.17 bits per heavy atom. The zero-order valence-corrected chi connectivity index (χ0v) is 24.9. The molecular weight excluding hydrogens is 545 g/mol. The van der Waals surface area contributed by atoms with Crippen molar-refractivity contribution in [1.29, 1.82) is 0 Å². The van der Waals surface area contributed by atoms with Crippen LogP contribution in [0.4, 0.5) is 10.1 Å². The van der Waals surface area contributed by atoms with Crippen molar-refractivity contribution < 1.29 is 27.1 Å². The smallest absolute Gasteiger partial charge is 0.264 e. The molecule has 0 saturated carbocycles. The van der Waals surface area contributed by atoms with Crippen LogP contribution in [-0.4, -0.2) is 51.4 Å². The normalized spacial score (nSPS) is 12.1. The van der Waals surface area contributed by atoms with Crippen molar-refractivity contribution in [1.82, 2.24) is 10.2 Å². The van der Waals surface area contributed by atoms with E-state index in [-0.39, 0.29) is 29.0 Å². The molecule has 0 aliphatic carbocycles. The Bertz CT molecular complexity index is 1430. The van der Waals surface area contributed by atoms with E-state index >= 15 is 0 Å². The number of ether oxygens (including phenoxy) is 1. The average Bonchev–Trinajstić information content (AvgIpc) is 2.96. The van der Waals surface area contributed by atoms with Crippen LogP contribution >= 0.6 is 0 Å². The fourth-order valence-electron chi connectivity index (χ4n) is 4.32. The molecule has 0 aliphatic rings. The minimum atomic E-state index is -4.27. The van der Waals surface area contributed by atoms with Gasteiger partial charge in [0.05, 0.1) is 17.7 Å². The topological polar surface area (TPSA) is 96.0 Å². The van der Waals surface area contributed by atoms with Crippen molar-refractivity contribution in [3.05, 3.63) is 89.7 Å². The molecule has 220 valence electrons. The van der Waals surface area contributed by atoms with Crippen molar-refractivity contribution in [2.45, 2.75) is 51.6 Å². The molecule has 0 aromatic heterocycles. The Hall–Kier alpha value is -3.92. The van der Waals surface area contributed by atoms with Gasteiger partial charge in [0.1, 0.15) is 24.2 Å². The second-order valence-electron chi connectivity index (χ2n) is 10.2. The number of benzene rings is 3. The van der Waals surface area contributed by atoms with Crippen molar-refractivity contribution >= 4 is 27.5 Å². The Morgan fingerprint density at radius 1 is 0.976 bits per heavy atom. The standard InChI is InChI=1S/C31H38FN3O5S/c1-6-29(31(37)33-19-22(2)3)34(20-24-10-8-7-9-23(24)4)30(36)21-35(26-13-11-25(32)12-14-26)41(38,39)28-17-15-27(40-5)16-18-28/h7-18,22,29H,6,19-21H2,1-5H3,(H,33,37). The van der Waals surface area contributed by atoms with Gasteiger partial charge in [-0.3, -0.25) is 13.9 Å². The lowest BCUT2D eigenvalue weighted by molar-refractivity contribution is -0.140. The van der Waals surface area contributed by atoms with Crippen LogP contribution < -0.4 is 14.4 Å². The van der Waals surface area contributed by atoms with Crippen LogP contribution in [0.1, 0.15) is 38.3 Å². The van der Waals surface area contributed by atoms with Gasteiger partial charge in [0, 0.05) is 13.1 Å². The minimum Gasteiger partial charge on any atom is -0.497 e. The number of halogens is 1. The molecule has 8 nitrogen and oxygen atoms in total. The third-order valence-corrected chi connectivity index (χ3v) is 8.50. The van der Waals surface area contributed by atoms with Crippen molar-refractivity contribution in [3.63, 3.8) is 0 Å². The highest BCUT2D eigenvalue weighted by Gasteiger charge is 2.34. The molecule has 0 radical (unpaired) electrons. The van der Waals surface area contributed by atoms with Gasteiger partial charge in [0.25, 0.3) is 10.0 Å². The van der Waals surface area contributed by atoms with Gasteiger partial charge in [-0.05, 0) is 78.9 Å². The number of sulfonamides is 1. The van der Waals surface area contributed by atoms with E-state index in [4.69, 9.17) is 4.74 Å². The van der Waals surface area contributed by atoms with E-state index < -0.39 is 34.3 Å². The van der Waals surface area contributed by atoms with Crippen LogP contribution in [0.15, 0.2) is 77.7 Å². The summed E-state index contributed by atoms with van der Waals surface area (Å²) in [5.74, 6) is -0.747. The van der Waals surface area contributed by atoms with E-state index in [2.05, 4.69) is 5.32 Å². The second-order valence-corrected chi connectivity index (χ2v) is 12.0. The SMILES string of the molecule is CCC(C(=O)NCC(C)C)N(Cc1ccccc1C)C(=O)CN(c1ccc(F)cc1)S(=O)(=O)c1ccc(OC)cc1. The number of anilines is 1. The molecule has 3 rings (SSSR count). The molecule has 3 aromatic rings. The summed E-state index contributed by atoms with van der Waals surface area (Å²) >= 11 is 0. The van der Waals surface area contributed by atoms with Gasteiger partial charge in [-0.1, -0.05) is 45.0 Å². The average molecular weight is 584 g/mol. The highest BCUT2D eigenvalue weighted by molar-refractivity contribution is 7.92. The molecule has 3 aromatic carbocycles. The predicted octanol–water partition coefficient (Wildman–Crippen LogP) is 4.92. The Morgan fingerprint density at radius 2 is 1.61 bits per heavy atom. The fraction of sp³-hybridized carbons (Fsp3) is 0.355. The van der Waals surface area contributed by atoms with Crippen LogP contribution in [0.3, 0.4) is 0 Å². The number of amides is 2. The number of nitrogens with one attached hydrogen (secondary N) is 1. The molecule has 2 amide bonds. The number of hydrogen-bond acceptors (Lipinski definition) is 5. The third-order valence-electron chi connectivity index (χ3n) is 6.71. The minimum absolute atomic E-state index is 0.0670. The summed E-state index contributed by atoms with van der Waals surface area (Å²) in [6.07, 6.45) is 0.323. The zero-order chi connectivity index (χ0) is 30.2. The number of nitrogens with zero attached hydrogens (tertiary/aromatic N) is 2. The molecule has 10 heteroatoms. The van der Waals surface area contributed by atoms with Crippen LogP contribution in [0, 0.1) is 18.7 Å². The molecular formula is C31H38FN3O5S. The molecule has 0 saturated heterocycles. The summed E-state index contributed by atoms with van der Waals surface area (Å²) in [5.41, 5.74) is 1.88. The summed E-state index contributed by atoms with van der Waals surface area (Å²) in [6, 6.07) is 17.4. The monoisotopic (exact) mass is 583 g/mol. The Kier molecular flexibility index (Phi) is 10.9. The molecule has 0 spiro atoms. The molecule has 1 atom stereocenters. The predicted molar refractivity (Wildman–Crippen MR) is 158 cm³/mol. The molecule has 0 heterocycles. The first-order valence-corrected chi connectivity index (χ1v) is 15.0. The zero-order valence-electron chi connectivity index (χ0n) is 24.1. The molecule has 0 aliphatic heterocycles. The summed E-state index contributed by atoms with van der Waals surface area (Å²) in [7, 11) is -2.80. The summed E-state index contributed by atoms with van der Waals surface area (Å²) in [5, 5.41) is 2.91. The molecule has 1 unspecified atom stereocenters. The maximum atomic E-state index is 14.1. The Balaban J connectivity index is 2.05. The lowest BCUT2D eigenvalue weighted by atomic mass is 10.1. The first-order valence-electron chi connectivity index (χ1n) is 13.5. The lowest BCUT2D eigenvalue weighted by Gasteiger charge is -2.33. The van der Waals surface area contributed by atoms with Crippen LogP contribution in [0.25, 0.3) is 0 Å². The number of carbonyl (C=O) groups excluding carboxylic acids is 2. The van der Waals surface area contributed by atoms with Gasteiger partial charge in [0.15, 0.2) is 0 Å². The van der Waals surface area contributed by atoms with Crippen LogP contribution in [0.5, 0.6) is 5.75 Å². The van der Waals surface area contributed by atoms with Gasteiger partial charge in [-0.15, -0.1) is 0 Å². The van der Waals surface area contributed by atoms with Crippen LogP contribution in [-0.2, 0) is 26.2 Å². The van der Waals surface area contributed by atoms with E-state index in [9.17, 15) is 22.4 Å². The van der Waals surface area contributed by atoms with E-state index in [1.54, 1.807) is 0 Å². The third kappa shape index (κ3) is 8.07. The van der Waals surface area contributed by atoms with Gasteiger partial charge in [-0.25, -0.2) is 12.8 Å². The number of rotatable bonds is 13. The molecule has 0 bridgehead atoms. The fourth-order valence-corrected chi connectivity index (χ4v) is 5.74. The summed E-state index contributed by atoms with van der Waals surface area (Å²) in [6.45, 7) is 7.62. The molecule has 1 N–H and O–H groups in total. The summed E-state index contributed by atoms with van der Waals surface area (Å²) < 4.78 is 47.6.